The molecule has 0 radical (unpaired) electrons. The molecule has 1 rings (SSSR count). The smallest absolute Gasteiger partial charge is 0.228 e. The Labute approximate surface area is 96.9 Å². The Balaban J connectivity index is 2.62. The van der Waals surface area contributed by atoms with Crippen molar-refractivity contribution < 1.29 is 9.59 Å². The Hall–Kier alpha value is -1.32. The number of carbonyl (C=O) groups excluding carboxylic acids is 2. The molecule has 0 aromatic rings. The molecular weight excluding hydrogens is 204 g/mol. The third-order valence-electron chi connectivity index (χ3n) is 2.84. The second-order valence-corrected chi connectivity index (χ2v) is 4.48. The summed E-state index contributed by atoms with van der Waals surface area (Å²) in [5, 5.41) is 0. The van der Waals surface area contributed by atoms with Crippen molar-refractivity contribution in [3.63, 3.8) is 0 Å². The zero-order chi connectivity index (χ0) is 12.3. The molecule has 4 heteroatoms. The number of carbonyl (C=O) groups is 2. The molecule has 0 aliphatic carbocycles. The van der Waals surface area contributed by atoms with Crippen molar-refractivity contribution in [2.75, 3.05) is 26.7 Å². The molecular formula is C12H20N2O2. The standard InChI is InChI=1S/C12H20N2O2/c1-5-14(7-9(2)3)12(16)10-6-11(15)13(4)8-10/h10H,2,5-8H2,1,3-4H3/t10-/m0/s1. The Morgan fingerprint density at radius 3 is 2.62 bits per heavy atom. The monoisotopic (exact) mass is 224 g/mol. The van der Waals surface area contributed by atoms with Gasteiger partial charge in [-0.3, -0.25) is 9.59 Å². The van der Waals surface area contributed by atoms with Crippen molar-refractivity contribution in [2.24, 2.45) is 5.92 Å². The van der Waals surface area contributed by atoms with Gasteiger partial charge in [-0.15, -0.1) is 0 Å². The maximum atomic E-state index is 12.1. The summed E-state index contributed by atoms with van der Waals surface area (Å²) < 4.78 is 0. The van der Waals surface area contributed by atoms with E-state index in [-0.39, 0.29) is 17.7 Å². The fourth-order valence-corrected chi connectivity index (χ4v) is 1.96. The lowest BCUT2D eigenvalue weighted by molar-refractivity contribution is -0.135. The van der Waals surface area contributed by atoms with Gasteiger partial charge in [-0.2, -0.15) is 0 Å². The predicted octanol–water partition coefficient (Wildman–Crippen LogP) is 0.889. The van der Waals surface area contributed by atoms with Gasteiger partial charge in [0.15, 0.2) is 0 Å². The molecule has 2 amide bonds. The largest absolute Gasteiger partial charge is 0.345 e. The topological polar surface area (TPSA) is 40.6 Å². The van der Waals surface area contributed by atoms with Gasteiger partial charge in [0.05, 0.1) is 5.92 Å². The van der Waals surface area contributed by atoms with Gasteiger partial charge in [0, 0.05) is 33.1 Å². The third kappa shape index (κ3) is 2.84. The number of likely N-dealkylation sites (N-methyl/N-ethyl adjacent to an activating group) is 1. The first kappa shape index (κ1) is 12.7. The fraction of sp³-hybridized carbons (Fsp3) is 0.667. The van der Waals surface area contributed by atoms with E-state index in [1.807, 2.05) is 13.8 Å². The number of hydrogen-bond donors (Lipinski definition) is 0. The Morgan fingerprint density at radius 2 is 2.25 bits per heavy atom. The van der Waals surface area contributed by atoms with Crippen LogP contribution >= 0.6 is 0 Å². The van der Waals surface area contributed by atoms with Crippen LogP contribution in [0.5, 0.6) is 0 Å². The first-order chi connectivity index (χ1) is 7.45. The Bertz CT molecular complexity index is 306. The second-order valence-electron chi connectivity index (χ2n) is 4.48. The van der Waals surface area contributed by atoms with Crippen LogP contribution in [0.15, 0.2) is 12.2 Å². The molecule has 90 valence electrons. The molecule has 16 heavy (non-hydrogen) atoms. The molecule has 1 atom stereocenters. The van der Waals surface area contributed by atoms with Crippen molar-refractivity contribution in [1.29, 1.82) is 0 Å². The van der Waals surface area contributed by atoms with Crippen LogP contribution in [0, 0.1) is 5.92 Å². The summed E-state index contributed by atoms with van der Waals surface area (Å²) in [6.45, 7) is 9.46. The quantitative estimate of drug-likeness (QED) is 0.665. The van der Waals surface area contributed by atoms with E-state index in [1.54, 1.807) is 16.8 Å². The minimum atomic E-state index is -0.170. The van der Waals surface area contributed by atoms with Gasteiger partial charge in [-0.1, -0.05) is 12.2 Å². The normalized spacial score (nSPS) is 20.1. The molecule has 0 aromatic carbocycles. The van der Waals surface area contributed by atoms with Crippen LogP contribution in [0.25, 0.3) is 0 Å². The van der Waals surface area contributed by atoms with Gasteiger partial charge in [0.1, 0.15) is 0 Å². The molecule has 1 aliphatic heterocycles. The van der Waals surface area contributed by atoms with Crippen LogP contribution < -0.4 is 0 Å². The van der Waals surface area contributed by atoms with E-state index in [0.717, 1.165) is 5.57 Å². The number of nitrogens with zero attached hydrogens (tertiary/aromatic N) is 2. The molecule has 0 saturated carbocycles. The van der Waals surface area contributed by atoms with E-state index in [2.05, 4.69) is 6.58 Å². The van der Waals surface area contributed by atoms with E-state index in [1.165, 1.54) is 0 Å². The van der Waals surface area contributed by atoms with E-state index >= 15 is 0 Å². The number of amides is 2. The lowest BCUT2D eigenvalue weighted by atomic mass is 10.1. The van der Waals surface area contributed by atoms with Crippen LogP contribution in [0.4, 0.5) is 0 Å². The molecule has 0 N–H and O–H groups in total. The van der Waals surface area contributed by atoms with E-state index < -0.39 is 0 Å². The van der Waals surface area contributed by atoms with E-state index in [0.29, 0.717) is 26.1 Å². The summed E-state index contributed by atoms with van der Waals surface area (Å²) >= 11 is 0. The lowest BCUT2D eigenvalue weighted by Gasteiger charge is -2.23. The zero-order valence-corrected chi connectivity index (χ0v) is 10.3. The van der Waals surface area contributed by atoms with Crippen LogP contribution in [-0.2, 0) is 9.59 Å². The van der Waals surface area contributed by atoms with E-state index in [4.69, 9.17) is 0 Å². The van der Waals surface area contributed by atoms with E-state index in [9.17, 15) is 9.59 Å². The molecule has 1 heterocycles. The summed E-state index contributed by atoms with van der Waals surface area (Å²) in [6.07, 6.45) is 0.349. The SMILES string of the molecule is C=C(C)CN(CC)C(=O)[C@H]1CC(=O)N(C)C1. The number of likely N-dealkylation sites (tertiary alicyclic amines) is 1. The minimum absolute atomic E-state index is 0.0599. The summed E-state index contributed by atoms with van der Waals surface area (Å²) in [4.78, 5) is 26.9. The summed E-state index contributed by atoms with van der Waals surface area (Å²) in [7, 11) is 1.74. The van der Waals surface area contributed by atoms with Gasteiger partial charge in [0.25, 0.3) is 0 Å². The molecule has 1 fully saturated rings. The molecule has 0 unspecified atom stereocenters. The summed E-state index contributed by atoms with van der Waals surface area (Å²) in [5.41, 5.74) is 0.966. The highest BCUT2D eigenvalue weighted by molar-refractivity contribution is 5.89. The van der Waals surface area contributed by atoms with Crippen LogP contribution in [0.3, 0.4) is 0 Å². The third-order valence-corrected chi connectivity index (χ3v) is 2.84. The lowest BCUT2D eigenvalue weighted by Crippen LogP contribution is -2.37. The Morgan fingerprint density at radius 1 is 1.62 bits per heavy atom. The van der Waals surface area contributed by atoms with Gasteiger partial charge in [-0.25, -0.2) is 0 Å². The van der Waals surface area contributed by atoms with Gasteiger partial charge in [0.2, 0.25) is 11.8 Å². The minimum Gasteiger partial charge on any atom is -0.345 e. The molecule has 0 bridgehead atoms. The number of rotatable bonds is 4. The van der Waals surface area contributed by atoms with Gasteiger partial charge in [-0.05, 0) is 13.8 Å². The number of hydrogen-bond acceptors (Lipinski definition) is 2. The predicted molar refractivity (Wildman–Crippen MR) is 62.8 cm³/mol. The van der Waals surface area contributed by atoms with Crippen LogP contribution in [0.1, 0.15) is 20.3 Å². The maximum Gasteiger partial charge on any atom is 0.228 e. The molecule has 0 aromatic heterocycles. The second kappa shape index (κ2) is 5.14. The first-order valence-electron chi connectivity index (χ1n) is 5.62. The van der Waals surface area contributed by atoms with Crippen molar-refractivity contribution in [1.82, 2.24) is 9.80 Å². The fourth-order valence-electron chi connectivity index (χ4n) is 1.96. The van der Waals surface area contributed by atoms with Crippen LogP contribution in [-0.4, -0.2) is 48.3 Å². The zero-order valence-electron chi connectivity index (χ0n) is 10.3. The highest BCUT2D eigenvalue weighted by atomic mass is 16.2. The van der Waals surface area contributed by atoms with Gasteiger partial charge < -0.3 is 9.80 Å². The highest BCUT2D eigenvalue weighted by Gasteiger charge is 2.34. The Kier molecular flexibility index (Phi) is 4.10. The maximum absolute atomic E-state index is 12.1. The summed E-state index contributed by atoms with van der Waals surface area (Å²) in [5.74, 6) is -0.0373. The first-order valence-corrected chi connectivity index (χ1v) is 5.62. The molecule has 4 nitrogen and oxygen atoms in total. The van der Waals surface area contributed by atoms with Crippen molar-refractivity contribution >= 4 is 11.8 Å². The molecule has 1 aliphatic rings. The average Bonchev–Trinajstić information content (AvgIpc) is 2.54. The molecule has 1 saturated heterocycles. The van der Waals surface area contributed by atoms with Crippen molar-refractivity contribution in [3.8, 4) is 0 Å². The van der Waals surface area contributed by atoms with Crippen molar-refractivity contribution in [2.45, 2.75) is 20.3 Å². The van der Waals surface area contributed by atoms with Crippen LogP contribution in [0.2, 0.25) is 0 Å². The summed E-state index contributed by atoms with van der Waals surface area (Å²) in [6, 6.07) is 0. The average molecular weight is 224 g/mol. The molecule has 0 spiro atoms. The van der Waals surface area contributed by atoms with Crippen molar-refractivity contribution in [3.05, 3.63) is 12.2 Å². The highest BCUT2D eigenvalue weighted by Crippen LogP contribution is 2.18. The van der Waals surface area contributed by atoms with Gasteiger partial charge >= 0.3 is 0 Å².